The molecule has 230 valence electrons. The van der Waals surface area contributed by atoms with Crippen LogP contribution in [-0.4, -0.2) is 41.5 Å². The number of fused-ring (bicyclic) bond motifs is 1. The van der Waals surface area contributed by atoms with Crippen molar-refractivity contribution < 1.29 is 28.6 Å². The van der Waals surface area contributed by atoms with Crippen LogP contribution in [-0.2, 0) is 6.42 Å². The maximum atomic E-state index is 14.6. The number of phenols is 1. The van der Waals surface area contributed by atoms with Crippen molar-refractivity contribution in [2.45, 2.75) is 18.9 Å². The molecule has 1 atom stereocenters. The van der Waals surface area contributed by atoms with Gasteiger partial charge in [0.1, 0.15) is 28.8 Å². The molecule has 0 fully saturated rings. The summed E-state index contributed by atoms with van der Waals surface area (Å²) >= 11 is 0. The van der Waals surface area contributed by atoms with Crippen molar-refractivity contribution in [2.75, 3.05) is 19.7 Å². The summed E-state index contributed by atoms with van der Waals surface area (Å²) in [4.78, 5) is 28.9. The van der Waals surface area contributed by atoms with Crippen LogP contribution in [0.15, 0.2) is 109 Å². The molecule has 5 aromatic carbocycles. The predicted octanol–water partition coefficient (Wildman–Crippen LogP) is 7.29. The Morgan fingerprint density at radius 2 is 1.63 bits per heavy atom. The average molecular weight is 615 g/mol. The summed E-state index contributed by atoms with van der Waals surface area (Å²) in [5, 5.41) is 13.2. The van der Waals surface area contributed by atoms with Crippen molar-refractivity contribution in [3.8, 4) is 34.1 Å². The Kier molecular flexibility index (Phi) is 7.84. The molecule has 4 aliphatic rings. The van der Waals surface area contributed by atoms with Gasteiger partial charge in [0, 0.05) is 24.2 Å². The van der Waals surface area contributed by atoms with Crippen molar-refractivity contribution in [3.05, 3.63) is 143 Å². The highest BCUT2D eigenvalue weighted by Crippen LogP contribution is 2.39. The van der Waals surface area contributed by atoms with E-state index >= 15 is 0 Å². The van der Waals surface area contributed by atoms with Crippen molar-refractivity contribution in [3.63, 3.8) is 0 Å². The molecule has 46 heavy (non-hydrogen) atoms. The van der Waals surface area contributed by atoms with E-state index in [0.29, 0.717) is 66.5 Å². The van der Waals surface area contributed by atoms with Gasteiger partial charge in [0.25, 0.3) is 11.8 Å². The zero-order valence-corrected chi connectivity index (χ0v) is 24.9. The molecule has 4 aliphatic heterocycles. The van der Waals surface area contributed by atoms with Gasteiger partial charge in [-0.2, -0.15) is 0 Å². The predicted molar refractivity (Wildman–Crippen MR) is 172 cm³/mol. The number of carbonyl (C=O) groups is 2. The Morgan fingerprint density at radius 3 is 2.48 bits per heavy atom. The van der Waals surface area contributed by atoms with Crippen molar-refractivity contribution >= 4 is 11.8 Å². The molecule has 2 amide bonds. The molecule has 8 heteroatoms. The molecule has 4 heterocycles. The number of carbonyl (C=O) groups excluding carboxylic acids is 2. The Balaban J connectivity index is 1.27. The van der Waals surface area contributed by atoms with E-state index in [2.05, 4.69) is 5.32 Å². The minimum absolute atomic E-state index is 0.123. The second-order valence-electron chi connectivity index (χ2n) is 11.4. The summed E-state index contributed by atoms with van der Waals surface area (Å²) in [5.41, 5.74) is 4.60. The molecular weight excluding hydrogens is 583 g/mol. The average Bonchev–Trinajstić information content (AvgIpc) is 3.08. The number of halogens is 1. The van der Waals surface area contributed by atoms with Crippen molar-refractivity contribution in [1.82, 2.24) is 10.2 Å². The van der Waals surface area contributed by atoms with Gasteiger partial charge in [-0.15, -0.1) is 0 Å². The zero-order valence-electron chi connectivity index (χ0n) is 24.9. The van der Waals surface area contributed by atoms with Crippen molar-refractivity contribution in [1.29, 1.82) is 0 Å². The lowest BCUT2D eigenvalue weighted by Gasteiger charge is -2.38. The summed E-state index contributed by atoms with van der Waals surface area (Å²) < 4.78 is 26.7. The highest BCUT2D eigenvalue weighted by Gasteiger charge is 2.33. The topological polar surface area (TPSA) is 88.1 Å². The minimum Gasteiger partial charge on any atom is -0.507 e. The van der Waals surface area contributed by atoms with E-state index in [-0.39, 0.29) is 29.1 Å². The largest absolute Gasteiger partial charge is 0.507 e. The molecule has 7 nitrogen and oxygen atoms in total. The van der Waals surface area contributed by atoms with E-state index in [1.807, 2.05) is 53.4 Å². The summed E-state index contributed by atoms with van der Waals surface area (Å²) in [5.74, 6) is 0.638. The number of hydrogen-bond acceptors (Lipinski definition) is 5. The number of amides is 2. The van der Waals surface area contributed by atoms with E-state index in [4.69, 9.17) is 9.47 Å². The Bertz CT molecular complexity index is 1940. The van der Waals surface area contributed by atoms with Gasteiger partial charge in [-0.1, -0.05) is 48.5 Å². The van der Waals surface area contributed by atoms with Gasteiger partial charge < -0.3 is 24.8 Å². The van der Waals surface area contributed by atoms with Gasteiger partial charge in [0.2, 0.25) is 0 Å². The molecule has 8 bridgehead atoms. The third-order valence-electron chi connectivity index (χ3n) is 8.42. The molecule has 0 aromatic heterocycles. The Morgan fingerprint density at radius 1 is 0.848 bits per heavy atom. The maximum absolute atomic E-state index is 14.6. The highest BCUT2D eigenvalue weighted by atomic mass is 19.1. The molecule has 0 radical (unpaired) electrons. The van der Waals surface area contributed by atoms with Gasteiger partial charge in [0.15, 0.2) is 0 Å². The summed E-state index contributed by atoms with van der Waals surface area (Å²) in [6.07, 6.45) is 1.15. The van der Waals surface area contributed by atoms with Crippen molar-refractivity contribution in [2.24, 2.45) is 0 Å². The fourth-order valence-electron chi connectivity index (χ4n) is 6.13. The second-order valence-corrected chi connectivity index (χ2v) is 11.4. The molecule has 0 saturated carbocycles. The van der Waals surface area contributed by atoms with Crippen LogP contribution in [0.1, 0.15) is 49.9 Å². The van der Waals surface area contributed by atoms with Crippen LogP contribution in [0.3, 0.4) is 0 Å². The molecule has 9 rings (SSSR count). The lowest BCUT2D eigenvalue weighted by molar-refractivity contribution is 0.0694. The van der Waals surface area contributed by atoms with Crippen LogP contribution in [0.4, 0.5) is 4.39 Å². The molecule has 0 saturated heterocycles. The third-order valence-corrected chi connectivity index (χ3v) is 8.42. The third kappa shape index (κ3) is 5.77. The normalized spacial score (nSPS) is 16.0. The number of aromatic hydroxyl groups is 1. The van der Waals surface area contributed by atoms with Gasteiger partial charge in [-0.3, -0.25) is 9.59 Å². The van der Waals surface area contributed by atoms with Crippen LogP contribution in [0.5, 0.6) is 23.0 Å². The summed E-state index contributed by atoms with van der Waals surface area (Å²) in [6, 6.07) is 31.3. The van der Waals surface area contributed by atoms with Gasteiger partial charge in [0.05, 0.1) is 18.2 Å². The number of benzene rings is 5. The molecular formula is C38H31FN2O5. The quantitative estimate of drug-likeness (QED) is 0.218. The number of hydrogen-bond donors (Lipinski definition) is 2. The van der Waals surface area contributed by atoms with Gasteiger partial charge >= 0.3 is 0 Å². The van der Waals surface area contributed by atoms with Crippen LogP contribution in [0.25, 0.3) is 11.1 Å². The van der Waals surface area contributed by atoms with E-state index < -0.39 is 5.91 Å². The molecule has 1 unspecified atom stereocenters. The number of nitrogens with zero attached hydrogens (tertiary/aromatic N) is 1. The highest BCUT2D eigenvalue weighted by molar-refractivity contribution is 5.97. The van der Waals surface area contributed by atoms with E-state index in [9.17, 15) is 19.1 Å². The first-order valence-electron chi connectivity index (χ1n) is 15.3. The molecule has 2 N–H and O–H groups in total. The minimum atomic E-state index is -0.400. The van der Waals surface area contributed by atoms with Crippen LogP contribution < -0.4 is 14.8 Å². The van der Waals surface area contributed by atoms with Gasteiger partial charge in [-0.05, 0) is 95.8 Å². The summed E-state index contributed by atoms with van der Waals surface area (Å²) in [6.45, 7) is 1.20. The standard InChI is InChI=1S/C38H31FN2O5/c39-34-8-2-1-7-31(34)25-5-3-6-27(21-25)38(44)41-19-17-26-22-29-13-15-32(26)36(41)24-9-11-28(12-10-24)45-20-4-18-40-37(43)33-23-30(46-29)14-16-35(33)42/h1-3,5-16,21-23,36,42H,4,17-20H2,(H,40,43). The van der Waals surface area contributed by atoms with E-state index in [0.717, 1.165) is 16.7 Å². The SMILES string of the molecule is O=C1NCCCOc2ccc(cc2)C2c3ccc(cc3CCN2C(=O)c2cccc(-c3ccccc3F)c2)Oc2ccc(O)c1c2. The van der Waals surface area contributed by atoms with Crippen LogP contribution >= 0.6 is 0 Å². The molecule has 0 spiro atoms. The number of ether oxygens (including phenoxy) is 2. The number of phenolic OH excluding ortho intramolecular Hbond substituents is 1. The number of rotatable bonds is 2. The lowest BCUT2D eigenvalue weighted by atomic mass is 9.87. The van der Waals surface area contributed by atoms with Gasteiger partial charge in [-0.25, -0.2) is 4.39 Å². The van der Waals surface area contributed by atoms with E-state index in [1.54, 1.807) is 42.5 Å². The second kappa shape index (κ2) is 12.4. The van der Waals surface area contributed by atoms with Crippen LogP contribution in [0.2, 0.25) is 0 Å². The fraction of sp³-hybridized carbons (Fsp3) is 0.158. The Hall–Kier alpha value is -5.63. The smallest absolute Gasteiger partial charge is 0.255 e. The first kappa shape index (κ1) is 29.1. The summed E-state index contributed by atoms with van der Waals surface area (Å²) in [7, 11) is 0. The first-order valence-corrected chi connectivity index (χ1v) is 15.3. The zero-order chi connectivity index (χ0) is 31.6. The van der Waals surface area contributed by atoms with E-state index in [1.165, 1.54) is 18.2 Å². The first-order chi connectivity index (χ1) is 22.4. The Labute approximate surface area is 265 Å². The fourth-order valence-corrected chi connectivity index (χ4v) is 6.13. The molecule has 5 aromatic rings. The van der Waals surface area contributed by atoms with Crippen LogP contribution in [0, 0.1) is 5.82 Å². The monoisotopic (exact) mass is 614 g/mol. The maximum Gasteiger partial charge on any atom is 0.255 e. The molecule has 0 aliphatic carbocycles. The lowest BCUT2D eigenvalue weighted by Crippen LogP contribution is -2.40. The number of nitrogens with one attached hydrogen (secondary N) is 1.